The number of aliphatic carboxylic acids is 1. The number of hydrogen-bond acceptors (Lipinski definition) is 3. The Morgan fingerprint density at radius 3 is 2.32 bits per heavy atom. The maximum absolute atomic E-state index is 13.6. The van der Waals surface area contributed by atoms with Crippen LogP contribution in [-0.4, -0.2) is 60.2 Å². The van der Waals surface area contributed by atoms with Crippen LogP contribution in [0.1, 0.15) is 32.6 Å². The molecule has 128 valence electrons. The second-order valence-corrected chi connectivity index (χ2v) is 7.95. The van der Waals surface area contributed by atoms with Crippen molar-refractivity contribution in [3.63, 3.8) is 0 Å². The standard InChI is InChI=1S/C13H22F2N2O4S/c1-2-10-3-6-16(7-4-10)22(20,21)17-8-5-13(14,15)11(9-17)12(18)19/h10-11H,2-9H2,1H3,(H,18,19). The summed E-state index contributed by atoms with van der Waals surface area (Å²) in [5, 5.41) is 8.92. The van der Waals surface area contributed by atoms with Crippen molar-refractivity contribution in [1.82, 2.24) is 8.61 Å². The zero-order chi connectivity index (χ0) is 16.5. The van der Waals surface area contributed by atoms with Crippen LogP contribution in [0.15, 0.2) is 0 Å². The van der Waals surface area contributed by atoms with Gasteiger partial charge in [0.15, 0.2) is 0 Å². The van der Waals surface area contributed by atoms with Gasteiger partial charge in [-0.05, 0) is 18.8 Å². The van der Waals surface area contributed by atoms with Gasteiger partial charge in [0, 0.05) is 32.6 Å². The van der Waals surface area contributed by atoms with Crippen molar-refractivity contribution < 1.29 is 27.1 Å². The first kappa shape index (κ1) is 17.6. The van der Waals surface area contributed by atoms with E-state index in [9.17, 15) is 22.0 Å². The van der Waals surface area contributed by atoms with Gasteiger partial charge < -0.3 is 5.11 Å². The van der Waals surface area contributed by atoms with E-state index in [1.807, 2.05) is 0 Å². The van der Waals surface area contributed by atoms with Crippen LogP contribution >= 0.6 is 0 Å². The summed E-state index contributed by atoms with van der Waals surface area (Å²) in [7, 11) is -3.86. The van der Waals surface area contributed by atoms with Crippen molar-refractivity contribution in [2.45, 2.75) is 38.5 Å². The van der Waals surface area contributed by atoms with Crippen molar-refractivity contribution >= 4 is 16.2 Å². The fourth-order valence-corrected chi connectivity index (χ4v) is 4.71. The summed E-state index contributed by atoms with van der Waals surface area (Å²) in [6.07, 6.45) is 1.74. The van der Waals surface area contributed by atoms with Crippen molar-refractivity contribution in [3.8, 4) is 0 Å². The molecule has 22 heavy (non-hydrogen) atoms. The number of rotatable bonds is 4. The van der Waals surface area contributed by atoms with Gasteiger partial charge in [0.2, 0.25) is 0 Å². The largest absolute Gasteiger partial charge is 0.481 e. The summed E-state index contributed by atoms with van der Waals surface area (Å²) >= 11 is 0. The number of carboxylic acids is 1. The van der Waals surface area contributed by atoms with Crippen molar-refractivity contribution in [3.05, 3.63) is 0 Å². The van der Waals surface area contributed by atoms with Gasteiger partial charge in [0.1, 0.15) is 5.92 Å². The first-order chi connectivity index (χ1) is 10.2. The zero-order valence-electron chi connectivity index (χ0n) is 12.5. The molecule has 0 aromatic rings. The Bertz CT molecular complexity index is 518. The quantitative estimate of drug-likeness (QED) is 0.839. The third-order valence-corrected chi connectivity index (χ3v) is 6.69. The van der Waals surface area contributed by atoms with Crippen LogP contribution in [0.25, 0.3) is 0 Å². The highest BCUT2D eigenvalue weighted by Crippen LogP contribution is 2.35. The number of halogens is 2. The lowest BCUT2D eigenvalue weighted by Crippen LogP contribution is -2.56. The van der Waals surface area contributed by atoms with Gasteiger partial charge >= 0.3 is 5.97 Å². The van der Waals surface area contributed by atoms with Crippen molar-refractivity contribution in [2.24, 2.45) is 11.8 Å². The molecule has 2 saturated heterocycles. The van der Waals surface area contributed by atoms with E-state index in [2.05, 4.69) is 6.92 Å². The average molecular weight is 340 g/mol. The molecule has 2 aliphatic rings. The van der Waals surface area contributed by atoms with Crippen LogP contribution in [-0.2, 0) is 15.0 Å². The third kappa shape index (κ3) is 3.41. The highest BCUT2D eigenvalue weighted by molar-refractivity contribution is 7.86. The van der Waals surface area contributed by atoms with Crippen molar-refractivity contribution in [1.29, 1.82) is 0 Å². The summed E-state index contributed by atoms with van der Waals surface area (Å²) in [6, 6.07) is 0. The molecule has 1 N–H and O–H groups in total. The molecule has 0 aromatic carbocycles. The van der Waals surface area contributed by atoms with Gasteiger partial charge in [-0.2, -0.15) is 17.0 Å². The van der Waals surface area contributed by atoms with E-state index in [1.165, 1.54) is 4.31 Å². The van der Waals surface area contributed by atoms with E-state index in [0.29, 0.717) is 19.0 Å². The molecule has 6 nitrogen and oxygen atoms in total. The SMILES string of the molecule is CCC1CCN(S(=O)(=O)N2CCC(F)(F)C(C(=O)O)C2)CC1. The Morgan fingerprint density at radius 2 is 1.82 bits per heavy atom. The van der Waals surface area contributed by atoms with Gasteiger partial charge in [0.05, 0.1) is 0 Å². The first-order valence-corrected chi connectivity index (χ1v) is 8.94. The fraction of sp³-hybridized carbons (Fsp3) is 0.923. The number of carboxylic acid groups (broad SMARTS) is 1. The van der Waals surface area contributed by atoms with E-state index in [1.54, 1.807) is 0 Å². The van der Waals surface area contributed by atoms with E-state index in [0.717, 1.165) is 23.6 Å². The second-order valence-electron chi connectivity index (χ2n) is 6.02. The van der Waals surface area contributed by atoms with Gasteiger partial charge in [-0.1, -0.05) is 13.3 Å². The Hall–Kier alpha value is -0.800. The van der Waals surface area contributed by atoms with Gasteiger partial charge in [-0.3, -0.25) is 4.79 Å². The second kappa shape index (κ2) is 6.37. The Labute approximate surface area is 129 Å². The molecule has 2 heterocycles. The summed E-state index contributed by atoms with van der Waals surface area (Å²) in [5.74, 6) is -6.52. The molecule has 1 atom stereocenters. The van der Waals surface area contributed by atoms with Crippen LogP contribution < -0.4 is 0 Å². The molecule has 0 radical (unpaired) electrons. The first-order valence-electron chi connectivity index (χ1n) is 7.54. The van der Waals surface area contributed by atoms with Crippen LogP contribution in [0.4, 0.5) is 8.78 Å². The Balaban J connectivity index is 2.09. The predicted octanol–water partition coefficient (Wildman–Crippen LogP) is 1.39. The van der Waals surface area contributed by atoms with Gasteiger partial charge in [-0.15, -0.1) is 0 Å². The minimum atomic E-state index is -3.86. The maximum atomic E-state index is 13.6. The van der Waals surface area contributed by atoms with Crippen LogP contribution in [0.3, 0.4) is 0 Å². The molecule has 9 heteroatoms. The van der Waals surface area contributed by atoms with Gasteiger partial charge in [0.25, 0.3) is 16.1 Å². The molecule has 0 spiro atoms. The summed E-state index contributed by atoms with van der Waals surface area (Å²) in [4.78, 5) is 11.0. The van der Waals surface area contributed by atoms with Crippen LogP contribution in [0.2, 0.25) is 0 Å². The predicted molar refractivity (Wildman–Crippen MR) is 75.8 cm³/mol. The molecule has 2 aliphatic heterocycles. The third-order valence-electron chi connectivity index (χ3n) is 4.69. The number of carbonyl (C=O) groups is 1. The Morgan fingerprint density at radius 1 is 1.23 bits per heavy atom. The molecule has 0 aliphatic carbocycles. The number of hydrogen-bond donors (Lipinski definition) is 1. The lowest BCUT2D eigenvalue weighted by Gasteiger charge is -2.39. The minimum Gasteiger partial charge on any atom is -0.481 e. The number of alkyl halides is 2. The van der Waals surface area contributed by atoms with E-state index in [-0.39, 0.29) is 6.54 Å². The fourth-order valence-electron chi connectivity index (χ4n) is 3.06. The van der Waals surface area contributed by atoms with E-state index in [4.69, 9.17) is 5.11 Å². The zero-order valence-corrected chi connectivity index (χ0v) is 13.4. The number of piperidine rings is 2. The van der Waals surface area contributed by atoms with E-state index < -0.39 is 41.0 Å². The molecular weight excluding hydrogens is 318 g/mol. The molecule has 2 fully saturated rings. The number of nitrogens with zero attached hydrogens (tertiary/aromatic N) is 2. The highest BCUT2D eigenvalue weighted by Gasteiger charge is 2.51. The molecule has 1 unspecified atom stereocenters. The smallest absolute Gasteiger partial charge is 0.314 e. The highest BCUT2D eigenvalue weighted by atomic mass is 32.2. The topological polar surface area (TPSA) is 77.9 Å². The van der Waals surface area contributed by atoms with E-state index >= 15 is 0 Å². The lowest BCUT2D eigenvalue weighted by molar-refractivity contribution is -0.163. The summed E-state index contributed by atoms with van der Waals surface area (Å²) in [5.41, 5.74) is 0. The minimum absolute atomic E-state index is 0.340. The average Bonchev–Trinajstić information content (AvgIpc) is 2.46. The lowest BCUT2D eigenvalue weighted by atomic mass is 9.95. The maximum Gasteiger partial charge on any atom is 0.314 e. The monoisotopic (exact) mass is 340 g/mol. The van der Waals surface area contributed by atoms with Crippen molar-refractivity contribution in [2.75, 3.05) is 26.2 Å². The normalized spacial score (nSPS) is 28.6. The molecule has 0 aromatic heterocycles. The summed E-state index contributed by atoms with van der Waals surface area (Å²) in [6.45, 7) is 1.78. The molecule has 0 saturated carbocycles. The molecule has 0 amide bonds. The molecule has 2 rings (SSSR count). The van der Waals surface area contributed by atoms with Gasteiger partial charge in [-0.25, -0.2) is 8.78 Å². The molecular formula is C13H22F2N2O4S. The molecule has 0 bridgehead atoms. The summed E-state index contributed by atoms with van der Waals surface area (Å²) < 4.78 is 54.5. The Kier molecular flexibility index (Phi) is 5.08. The van der Waals surface area contributed by atoms with Crippen LogP contribution in [0.5, 0.6) is 0 Å². The van der Waals surface area contributed by atoms with Crippen LogP contribution in [0, 0.1) is 11.8 Å².